The second-order valence-corrected chi connectivity index (χ2v) is 4.97. The summed E-state index contributed by atoms with van der Waals surface area (Å²) in [6, 6.07) is 5.04. The van der Waals surface area contributed by atoms with Gasteiger partial charge in [0.1, 0.15) is 0 Å². The van der Waals surface area contributed by atoms with Crippen LogP contribution in [0, 0.1) is 0 Å². The van der Waals surface area contributed by atoms with Crippen molar-refractivity contribution in [3.8, 4) is 0 Å². The Hall–Kier alpha value is -1.75. The van der Waals surface area contributed by atoms with Crippen LogP contribution >= 0.6 is 0 Å². The topological polar surface area (TPSA) is 90.4 Å². The molecule has 2 rings (SSSR count). The molecule has 1 saturated heterocycles. The lowest BCUT2D eigenvalue weighted by Gasteiger charge is -2.31. The molecule has 0 saturated carbocycles. The first-order valence-electron chi connectivity index (χ1n) is 6.01. The zero-order chi connectivity index (χ0) is 13.3. The van der Waals surface area contributed by atoms with Gasteiger partial charge in [-0.1, -0.05) is 0 Å². The molecule has 0 radical (unpaired) electrons. The van der Waals surface area contributed by atoms with Crippen molar-refractivity contribution in [2.45, 2.75) is 31.9 Å². The first kappa shape index (κ1) is 12.7. The van der Waals surface area contributed by atoms with Crippen molar-refractivity contribution in [1.82, 2.24) is 0 Å². The van der Waals surface area contributed by atoms with Crippen LogP contribution in [0.5, 0.6) is 0 Å². The summed E-state index contributed by atoms with van der Waals surface area (Å²) in [5.74, 6) is -0.465. The van der Waals surface area contributed by atoms with Crippen LogP contribution in [-0.4, -0.2) is 24.2 Å². The first-order chi connectivity index (χ1) is 8.42. The average molecular weight is 249 g/mol. The summed E-state index contributed by atoms with van der Waals surface area (Å²) in [5.41, 5.74) is 12.6. The minimum absolute atomic E-state index is 0.0691. The van der Waals surface area contributed by atoms with E-state index in [1.165, 1.54) is 0 Å². The SMILES string of the molecule is CC1OCCC1(C)Nc1cc(N)ccc1C(N)=O. The molecule has 5 N–H and O–H groups in total. The Morgan fingerprint density at radius 2 is 2.28 bits per heavy atom. The van der Waals surface area contributed by atoms with E-state index in [1.807, 2.05) is 6.92 Å². The summed E-state index contributed by atoms with van der Waals surface area (Å²) in [6.07, 6.45) is 0.945. The van der Waals surface area contributed by atoms with Gasteiger partial charge in [-0.25, -0.2) is 0 Å². The van der Waals surface area contributed by atoms with E-state index in [0.717, 1.165) is 6.42 Å². The summed E-state index contributed by atoms with van der Waals surface area (Å²) >= 11 is 0. The van der Waals surface area contributed by atoms with Gasteiger partial charge < -0.3 is 21.5 Å². The van der Waals surface area contributed by atoms with Crippen LogP contribution in [0.1, 0.15) is 30.6 Å². The van der Waals surface area contributed by atoms with Crippen LogP contribution in [0.4, 0.5) is 11.4 Å². The number of hydrogen-bond acceptors (Lipinski definition) is 4. The van der Waals surface area contributed by atoms with Crippen molar-refractivity contribution >= 4 is 17.3 Å². The van der Waals surface area contributed by atoms with E-state index < -0.39 is 5.91 Å². The molecule has 1 aromatic rings. The molecule has 1 fully saturated rings. The molecule has 1 heterocycles. The Morgan fingerprint density at radius 3 is 2.83 bits per heavy atom. The van der Waals surface area contributed by atoms with Crippen LogP contribution in [-0.2, 0) is 4.74 Å². The summed E-state index contributed by atoms with van der Waals surface area (Å²) < 4.78 is 5.56. The van der Waals surface area contributed by atoms with E-state index in [-0.39, 0.29) is 11.6 Å². The van der Waals surface area contributed by atoms with Crippen molar-refractivity contribution in [3.63, 3.8) is 0 Å². The van der Waals surface area contributed by atoms with Gasteiger partial charge in [-0.3, -0.25) is 4.79 Å². The maximum absolute atomic E-state index is 11.4. The molecule has 5 heteroatoms. The molecule has 1 aliphatic rings. The molecule has 1 aromatic carbocycles. The lowest BCUT2D eigenvalue weighted by atomic mass is 9.93. The van der Waals surface area contributed by atoms with Gasteiger partial charge in [0, 0.05) is 18.0 Å². The minimum Gasteiger partial charge on any atom is -0.399 e. The maximum Gasteiger partial charge on any atom is 0.250 e. The van der Waals surface area contributed by atoms with E-state index >= 15 is 0 Å². The number of nitrogen functional groups attached to an aromatic ring is 1. The molecule has 0 bridgehead atoms. The molecule has 0 spiro atoms. The van der Waals surface area contributed by atoms with E-state index in [4.69, 9.17) is 16.2 Å². The number of nitrogens with one attached hydrogen (secondary N) is 1. The number of benzene rings is 1. The third-order valence-electron chi connectivity index (χ3n) is 3.62. The molecule has 1 aliphatic heterocycles. The highest BCUT2D eigenvalue weighted by Crippen LogP contribution is 2.31. The molecule has 2 atom stereocenters. The van der Waals surface area contributed by atoms with E-state index in [9.17, 15) is 4.79 Å². The smallest absolute Gasteiger partial charge is 0.250 e. The summed E-state index contributed by atoms with van der Waals surface area (Å²) in [6.45, 7) is 4.79. The Morgan fingerprint density at radius 1 is 1.56 bits per heavy atom. The lowest BCUT2D eigenvalue weighted by Crippen LogP contribution is -2.41. The van der Waals surface area contributed by atoms with Gasteiger partial charge in [-0.15, -0.1) is 0 Å². The highest BCUT2D eigenvalue weighted by Gasteiger charge is 2.37. The molecule has 0 aliphatic carbocycles. The largest absolute Gasteiger partial charge is 0.399 e. The zero-order valence-corrected chi connectivity index (χ0v) is 10.7. The zero-order valence-electron chi connectivity index (χ0n) is 10.7. The van der Waals surface area contributed by atoms with E-state index in [1.54, 1.807) is 18.2 Å². The van der Waals surface area contributed by atoms with Crippen molar-refractivity contribution < 1.29 is 9.53 Å². The van der Waals surface area contributed by atoms with Crippen molar-refractivity contribution in [2.24, 2.45) is 5.73 Å². The molecule has 98 valence electrons. The molecular weight excluding hydrogens is 230 g/mol. The van der Waals surface area contributed by atoms with Gasteiger partial charge in [0.15, 0.2) is 0 Å². The highest BCUT2D eigenvalue weighted by atomic mass is 16.5. The van der Waals surface area contributed by atoms with Crippen LogP contribution < -0.4 is 16.8 Å². The third-order valence-corrected chi connectivity index (χ3v) is 3.62. The molecule has 0 aromatic heterocycles. The fraction of sp³-hybridized carbons (Fsp3) is 0.462. The molecule has 2 unspecified atom stereocenters. The molecule has 18 heavy (non-hydrogen) atoms. The predicted octanol–water partition coefficient (Wildman–Crippen LogP) is 1.35. The minimum atomic E-state index is -0.465. The standard InChI is InChI=1S/C13H19N3O2/c1-8-13(2,5-6-18-8)16-11-7-9(14)3-4-10(11)12(15)17/h3-4,7-8,16H,5-6,14H2,1-2H3,(H2,15,17). The Labute approximate surface area is 106 Å². The van der Waals surface area contributed by atoms with Crippen molar-refractivity contribution in [2.75, 3.05) is 17.7 Å². The number of nitrogens with two attached hydrogens (primary N) is 2. The van der Waals surface area contributed by atoms with Gasteiger partial charge in [-0.2, -0.15) is 0 Å². The number of ether oxygens (including phenoxy) is 1. The number of carbonyl (C=O) groups excluding carboxylic acids is 1. The summed E-state index contributed by atoms with van der Waals surface area (Å²) in [7, 11) is 0. The van der Waals surface area contributed by atoms with Crippen LogP contribution in [0.25, 0.3) is 0 Å². The number of rotatable bonds is 3. The maximum atomic E-state index is 11.4. The second kappa shape index (κ2) is 4.49. The Bertz CT molecular complexity index is 475. The molecule has 5 nitrogen and oxygen atoms in total. The number of primary amides is 1. The highest BCUT2D eigenvalue weighted by molar-refractivity contribution is 5.99. The van der Waals surface area contributed by atoms with Gasteiger partial charge in [-0.05, 0) is 38.5 Å². The first-order valence-corrected chi connectivity index (χ1v) is 6.01. The molecule has 1 amide bonds. The van der Waals surface area contributed by atoms with Crippen LogP contribution in [0.15, 0.2) is 18.2 Å². The van der Waals surface area contributed by atoms with E-state index in [0.29, 0.717) is 23.5 Å². The van der Waals surface area contributed by atoms with Gasteiger partial charge in [0.25, 0.3) is 5.91 Å². The van der Waals surface area contributed by atoms with Gasteiger partial charge in [0.05, 0.1) is 17.2 Å². The van der Waals surface area contributed by atoms with Crippen LogP contribution in [0.3, 0.4) is 0 Å². The summed E-state index contributed by atoms with van der Waals surface area (Å²) in [5, 5.41) is 3.35. The van der Waals surface area contributed by atoms with Crippen molar-refractivity contribution in [3.05, 3.63) is 23.8 Å². The Kier molecular flexibility index (Phi) is 3.17. The monoisotopic (exact) mass is 249 g/mol. The third kappa shape index (κ3) is 2.26. The second-order valence-electron chi connectivity index (χ2n) is 4.97. The lowest BCUT2D eigenvalue weighted by molar-refractivity contribution is 0.0997. The predicted molar refractivity (Wildman–Crippen MR) is 71.4 cm³/mol. The van der Waals surface area contributed by atoms with Crippen LogP contribution in [0.2, 0.25) is 0 Å². The quantitative estimate of drug-likeness (QED) is 0.705. The van der Waals surface area contributed by atoms with Crippen molar-refractivity contribution in [1.29, 1.82) is 0 Å². The number of anilines is 2. The fourth-order valence-electron chi connectivity index (χ4n) is 2.19. The Balaban J connectivity index is 2.33. The number of amides is 1. The number of carbonyl (C=O) groups is 1. The number of hydrogen-bond donors (Lipinski definition) is 3. The summed E-state index contributed by atoms with van der Waals surface area (Å²) in [4.78, 5) is 11.4. The fourth-order valence-corrected chi connectivity index (χ4v) is 2.19. The van der Waals surface area contributed by atoms with Gasteiger partial charge >= 0.3 is 0 Å². The van der Waals surface area contributed by atoms with E-state index in [2.05, 4.69) is 12.2 Å². The average Bonchev–Trinajstić information content (AvgIpc) is 2.58. The molecular formula is C13H19N3O2. The normalized spacial score (nSPS) is 27.1. The van der Waals surface area contributed by atoms with Gasteiger partial charge in [0.2, 0.25) is 0 Å².